The van der Waals surface area contributed by atoms with Crippen molar-refractivity contribution in [3.63, 3.8) is 0 Å². The highest BCUT2D eigenvalue weighted by Crippen LogP contribution is 2.25. The van der Waals surface area contributed by atoms with Gasteiger partial charge in [-0.3, -0.25) is 4.90 Å². The largest absolute Gasteiger partial charge is 0.394 e. The second-order valence-electron chi connectivity index (χ2n) is 8.02. The third kappa shape index (κ3) is 9.47. The summed E-state index contributed by atoms with van der Waals surface area (Å²) < 4.78 is 38.5. The van der Waals surface area contributed by atoms with Gasteiger partial charge in [0.2, 0.25) is 6.29 Å². The van der Waals surface area contributed by atoms with E-state index in [-0.39, 0.29) is 13.2 Å². The van der Waals surface area contributed by atoms with E-state index in [4.69, 9.17) is 44.2 Å². The van der Waals surface area contributed by atoms with Crippen LogP contribution in [0.5, 0.6) is 0 Å². The van der Waals surface area contributed by atoms with Crippen LogP contribution in [-0.4, -0.2) is 143 Å². The molecular formula is C19H32BI2N2O10+. The molecule has 194 valence electrons. The van der Waals surface area contributed by atoms with Gasteiger partial charge in [-0.25, -0.2) is 0 Å². The molecule has 12 nitrogen and oxygen atoms in total. The van der Waals surface area contributed by atoms with Crippen molar-refractivity contribution < 1.29 is 45.1 Å². The fraction of sp³-hybridized carbons (Fsp3) is 0.947. The zero-order valence-corrected chi connectivity index (χ0v) is 23.1. The molecule has 0 aromatic rings. The lowest BCUT2D eigenvalue weighted by Crippen LogP contribution is -2.60. The van der Waals surface area contributed by atoms with Crippen molar-refractivity contribution in [2.75, 3.05) is 72.5 Å². The van der Waals surface area contributed by atoms with Crippen LogP contribution >= 0.6 is 46.0 Å². The molecule has 0 aromatic heterocycles. The summed E-state index contributed by atoms with van der Waals surface area (Å²) in [6, 6.07) is -1.41. The second-order valence-corrected chi connectivity index (χ2v) is 9.27. The molecule has 0 bridgehead atoms. The minimum absolute atomic E-state index is 0.142. The molecule has 3 N–H and O–H groups in total. The summed E-state index contributed by atoms with van der Waals surface area (Å²) in [5.41, 5.74) is -0.618. The standard InChI is InChI=1S/C19H32BI2N2O10/c1-23-15-17(27)16(26)13(9-25)33-18(15)30-7-6-29-5-4-28-3-2-24-8-14(20)34-19(10-24,11-31-21)12-32-22/h1,13-18,25-27H,2-12H2/q+1. The van der Waals surface area contributed by atoms with E-state index >= 15 is 0 Å². The Balaban J connectivity index is 1.58. The fourth-order valence-corrected chi connectivity index (χ4v) is 4.93. The Hall–Kier alpha value is 0.575. The SMILES string of the molecule is [B]C1CN(CCOCCOCCOC2OC(CO)C(O)C(O)C2[N+]#C)CC(COI)(COI)O1. The molecule has 2 radical (unpaired) electrons. The molecule has 0 aromatic carbocycles. The average Bonchev–Trinajstić information content (AvgIpc) is 2.80. The fourth-order valence-electron chi connectivity index (χ4n) is 3.79. The van der Waals surface area contributed by atoms with E-state index in [0.29, 0.717) is 52.7 Å². The molecule has 0 aliphatic carbocycles. The quantitative estimate of drug-likeness (QED) is 0.111. The number of ether oxygens (including phenoxy) is 5. The highest BCUT2D eigenvalue weighted by atomic mass is 127. The number of rotatable bonds is 15. The number of morpholine rings is 1. The second kappa shape index (κ2) is 16.4. The summed E-state index contributed by atoms with van der Waals surface area (Å²) in [6.45, 7) is 9.07. The third-order valence-corrected chi connectivity index (χ3v) is 6.06. The van der Waals surface area contributed by atoms with Gasteiger partial charge in [0.1, 0.15) is 71.7 Å². The van der Waals surface area contributed by atoms with Crippen molar-refractivity contribution in [2.45, 2.75) is 42.2 Å². The Morgan fingerprint density at radius 1 is 1.06 bits per heavy atom. The zero-order chi connectivity index (χ0) is 25.0. The van der Waals surface area contributed by atoms with Crippen molar-refractivity contribution >= 4 is 53.9 Å². The van der Waals surface area contributed by atoms with Crippen molar-refractivity contribution in [1.29, 1.82) is 0 Å². The van der Waals surface area contributed by atoms with Gasteiger partial charge < -0.3 is 45.1 Å². The van der Waals surface area contributed by atoms with Gasteiger partial charge in [0.05, 0.1) is 52.9 Å². The first-order valence-corrected chi connectivity index (χ1v) is 12.6. The highest BCUT2D eigenvalue weighted by molar-refractivity contribution is 14.1. The summed E-state index contributed by atoms with van der Waals surface area (Å²) in [6.07, 6.45) is -4.59. The van der Waals surface area contributed by atoms with Crippen LogP contribution in [0.4, 0.5) is 0 Å². The molecule has 2 aliphatic heterocycles. The van der Waals surface area contributed by atoms with E-state index in [1.807, 2.05) is 46.0 Å². The molecule has 2 aliphatic rings. The predicted molar refractivity (Wildman–Crippen MR) is 137 cm³/mol. The highest BCUT2D eigenvalue weighted by Gasteiger charge is 2.51. The van der Waals surface area contributed by atoms with Gasteiger partial charge in [0.15, 0.2) is 6.10 Å². The van der Waals surface area contributed by atoms with Crippen LogP contribution in [0.1, 0.15) is 0 Å². The maximum atomic E-state index is 10.1. The van der Waals surface area contributed by atoms with Gasteiger partial charge in [-0.2, -0.15) is 0 Å². The topological polar surface area (TPSA) is 133 Å². The van der Waals surface area contributed by atoms with E-state index in [2.05, 4.69) is 9.74 Å². The van der Waals surface area contributed by atoms with Crippen LogP contribution in [0.3, 0.4) is 0 Å². The molecule has 2 rings (SSSR count). The monoisotopic (exact) mass is 713 g/mol. The first-order valence-electron chi connectivity index (χ1n) is 10.8. The molecule has 0 saturated carbocycles. The van der Waals surface area contributed by atoms with Gasteiger partial charge in [0, 0.05) is 25.6 Å². The van der Waals surface area contributed by atoms with Gasteiger partial charge in [-0.1, -0.05) is 4.85 Å². The van der Waals surface area contributed by atoms with Crippen molar-refractivity contribution in [3.8, 4) is 6.57 Å². The molecular weight excluding hydrogens is 681 g/mol. The minimum Gasteiger partial charge on any atom is -0.394 e. The maximum Gasteiger partial charge on any atom is 0.349 e. The molecule has 34 heavy (non-hydrogen) atoms. The zero-order valence-electron chi connectivity index (χ0n) is 18.7. The predicted octanol–water partition coefficient (Wildman–Crippen LogP) is -0.895. The average molecular weight is 713 g/mol. The Kier molecular flexibility index (Phi) is 14.9. The summed E-state index contributed by atoms with van der Waals surface area (Å²) in [4.78, 5) is 5.67. The Labute approximate surface area is 229 Å². The van der Waals surface area contributed by atoms with Crippen molar-refractivity contribution in [2.24, 2.45) is 0 Å². The number of halogens is 2. The van der Waals surface area contributed by atoms with E-state index in [1.165, 1.54) is 0 Å². The van der Waals surface area contributed by atoms with E-state index in [1.54, 1.807) is 0 Å². The third-order valence-electron chi connectivity index (χ3n) is 5.44. The molecule has 2 fully saturated rings. The van der Waals surface area contributed by atoms with Crippen LogP contribution in [0.25, 0.3) is 4.85 Å². The van der Waals surface area contributed by atoms with Crippen LogP contribution in [0.2, 0.25) is 0 Å². The molecule has 2 heterocycles. The van der Waals surface area contributed by atoms with Gasteiger partial charge in [-0.15, -0.1) is 0 Å². The van der Waals surface area contributed by atoms with Gasteiger partial charge in [-0.05, 0) is 0 Å². The van der Waals surface area contributed by atoms with Gasteiger partial charge in [0.25, 0.3) is 6.57 Å². The summed E-state index contributed by atoms with van der Waals surface area (Å²) in [5, 5.41) is 29.2. The number of aliphatic hydroxyl groups excluding tert-OH is 3. The lowest BCUT2D eigenvalue weighted by Gasteiger charge is -2.44. The Morgan fingerprint density at radius 3 is 2.32 bits per heavy atom. The Morgan fingerprint density at radius 2 is 1.71 bits per heavy atom. The first-order chi connectivity index (χ1) is 16.4. The smallest absolute Gasteiger partial charge is 0.349 e. The Bertz CT molecular complexity index is 616. The molecule has 6 unspecified atom stereocenters. The number of nitrogens with zero attached hydrogens (tertiary/aromatic N) is 2. The van der Waals surface area contributed by atoms with E-state index < -0.39 is 48.9 Å². The molecule has 0 amide bonds. The lowest BCUT2D eigenvalue weighted by atomic mass is 9.93. The summed E-state index contributed by atoms with van der Waals surface area (Å²) >= 11 is 3.67. The van der Waals surface area contributed by atoms with Crippen LogP contribution in [0.15, 0.2) is 0 Å². The molecule has 6 atom stereocenters. The van der Waals surface area contributed by atoms with Crippen molar-refractivity contribution in [1.82, 2.24) is 4.90 Å². The normalized spacial score (nSPS) is 31.9. The van der Waals surface area contributed by atoms with Crippen LogP contribution in [0, 0.1) is 6.57 Å². The maximum absolute atomic E-state index is 10.1. The van der Waals surface area contributed by atoms with E-state index in [0.717, 1.165) is 0 Å². The lowest BCUT2D eigenvalue weighted by molar-refractivity contribution is -0.261. The summed E-state index contributed by atoms with van der Waals surface area (Å²) in [5.74, 6) is 0. The first kappa shape index (κ1) is 30.8. The molecule has 2 saturated heterocycles. The van der Waals surface area contributed by atoms with Crippen LogP contribution < -0.4 is 0 Å². The number of aliphatic hydroxyl groups is 3. The van der Waals surface area contributed by atoms with E-state index in [9.17, 15) is 15.3 Å². The number of hydrogen-bond acceptors (Lipinski definition) is 11. The van der Waals surface area contributed by atoms with Crippen molar-refractivity contribution in [3.05, 3.63) is 4.85 Å². The minimum atomic E-state index is -1.31. The van der Waals surface area contributed by atoms with Gasteiger partial charge >= 0.3 is 6.04 Å². The van der Waals surface area contributed by atoms with Crippen LogP contribution in [-0.2, 0) is 29.8 Å². The number of hydrogen-bond donors (Lipinski definition) is 3. The summed E-state index contributed by atoms with van der Waals surface area (Å²) in [7, 11) is 6.05. The molecule has 15 heteroatoms. The molecule has 0 spiro atoms.